The van der Waals surface area contributed by atoms with Crippen molar-refractivity contribution in [2.24, 2.45) is 4.99 Å². The Hall–Kier alpha value is -4.98. The third-order valence-corrected chi connectivity index (χ3v) is 6.65. The van der Waals surface area contributed by atoms with Crippen LogP contribution < -0.4 is 10.2 Å². The molecule has 1 saturated heterocycles. The van der Waals surface area contributed by atoms with Crippen molar-refractivity contribution in [2.75, 3.05) is 4.90 Å². The average Bonchev–Trinajstić information content (AvgIpc) is 3.63. The molecule has 8 heteroatoms. The highest BCUT2D eigenvalue weighted by Crippen LogP contribution is 2.37. The number of rotatable bonds is 4. The standard InChI is InChI=1S/C28H22N8/c1-18-32-28(31-17-35-26-9-5-4-8-24(26)33-34-35)27(21-11-10-19-6-2-3-7-20(19)14-21)36(18)22-12-13-23-25(15-22)30-16-29-23/h2-16,27H,1,17H2,(H,29,30)(H,31,32). The lowest BCUT2D eigenvalue weighted by molar-refractivity contribution is 0.626. The second-order valence-corrected chi connectivity index (χ2v) is 8.82. The SMILES string of the molecule is C=C1N/C(=N/Cn2nnc3ccccc32)C(c2ccc3ccccc3c2)N1c1ccc2[nH]cnc2c1. The van der Waals surface area contributed by atoms with Gasteiger partial charge in [0, 0.05) is 5.69 Å². The third-order valence-electron chi connectivity index (χ3n) is 6.65. The highest BCUT2D eigenvalue weighted by Gasteiger charge is 2.35. The molecule has 1 aliphatic heterocycles. The second-order valence-electron chi connectivity index (χ2n) is 8.82. The van der Waals surface area contributed by atoms with E-state index in [1.165, 1.54) is 10.8 Å². The minimum absolute atomic E-state index is 0.187. The Morgan fingerprint density at radius 2 is 1.75 bits per heavy atom. The van der Waals surface area contributed by atoms with E-state index < -0.39 is 0 Å². The van der Waals surface area contributed by atoms with Gasteiger partial charge in [0.05, 0.1) is 22.9 Å². The Labute approximate surface area is 206 Å². The molecule has 1 atom stereocenters. The summed E-state index contributed by atoms with van der Waals surface area (Å²) in [6.07, 6.45) is 1.71. The van der Waals surface area contributed by atoms with Crippen LogP contribution in [0.2, 0.25) is 0 Å². The number of H-pyrrole nitrogens is 1. The van der Waals surface area contributed by atoms with Gasteiger partial charge in [-0.15, -0.1) is 5.10 Å². The lowest BCUT2D eigenvalue weighted by Crippen LogP contribution is -2.25. The van der Waals surface area contributed by atoms with Crippen LogP contribution in [0.3, 0.4) is 0 Å². The molecule has 3 heterocycles. The third kappa shape index (κ3) is 3.31. The number of nitrogens with zero attached hydrogens (tertiary/aromatic N) is 6. The average molecular weight is 471 g/mol. The fourth-order valence-electron chi connectivity index (χ4n) is 4.91. The van der Waals surface area contributed by atoms with Crippen LogP contribution >= 0.6 is 0 Å². The molecule has 0 bridgehead atoms. The molecule has 8 nitrogen and oxygen atoms in total. The number of aromatic nitrogens is 5. The molecule has 4 aromatic carbocycles. The summed E-state index contributed by atoms with van der Waals surface area (Å²) in [5.74, 6) is 1.56. The number of aromatic amines is 1. The van der Waals surface area contributed by atoms with Gasteiger partial charge in [-0.3, -0.25) is 0 Å². The molecule has 6 aromatic rings. The number of benzene rings is 4. The van der Waals surface area contributed by atoms with Gasteiger partial charge in [-0.25, -0.2) is 14.7 Å². The molecule has 36 heavy (non-hydrogen) atoms. The summed E-state index contributed by atoms with van der Waals surface area (Å²) in [5, 5.41) is 14.4. The van der Waals surface area contributed by atoms with Gasteiger partial charge < -0.3 is 15.2 Å². The summed E-state index contributed by atoms with van der Waals surface area (Å²) in [6, 6.07) is 28.8. The largest absolute Gasteiger partial charge is 0.345 e. The number of imidazole rings is 1. The van der Waals surface area contributed by atoms with Crippen LogP contribution in [0.15, 0.2) is 109 Å². The van der Waals surface area contributed by atoms with Crippen LogP contribution in [-0.4, -0.2) is 30.8 Å². The molecule has 2 N–H and O–H groups in total. The first kappa shape index (κ1) is 20.4. The van der Waals surface area contributed by atoms with Gasteiger partial charge in [0.1, 0.15) is 29.9 Å². The van der Waals surface area contributed by atoms with Crippen molar-refractivity contribution in [2.45, 2.75) is 12.7 Å². The van der Waals surface area contributed by atoms with Crippen LogP contribution in [0.4, 0.5) is 5.69 Å². The molecule has 1 unspecified atom stereocenters. The summed E-state index contributed by atoms with van der Waals surface area (Å²) in [5.41, 5.74) is 5.79. The topological polar surface area (TPSA) is 87.0 Å². The maximum absolute atomic E-state index is 4.97. The van der Waals surface area contributed by atoms with Gasteiger partial charge in [0.15, 0.2) is 0 Å². The summed E-state index contributed by atoms with van der Waals surface area (Å²) in [7, 11) is 0. The maximum atomic E-state index is 4.97. The highest BCUT2D eigenvalue weighted by molar-refractivity contribution is 5.99. The van der Waals surface area contributed by atoms with Crippen molar-refractivity contribution in [1.82, 2.24) is 30.3 Å². The monoisotopic (exact) mass is 470 g/mol. The fraction of sp³-hybridized carbons (Fsp3) is 0.0714. The Morgan fingerprint density at radius 1 is 0.889 bits per heavy atom. The molecule has 1 aliphatic rings. The van der Waals surface area contributed by atoms with E-state index in [1.54, 1.807) is 6.33 Å². The summed E-state index contributed by atoms with van der Waals surface area (Å²) in [6.45, 7) is 4.67. The Bertz CT molecular complexity index is 1790. The van der Waals surface area contributed by atoms with Crippen molar-refractivity contribution in [3.63, 3.8) is 0 Å². The number of hydrogen-bond acceptors (Lipinski definition) is 5. The number of amidine groups is 1. The summed E-state index contributed by atoms with van der Waals surface area (Å²) >= 11 is 0. The zero-order valence-corrected chi connectivity index (χ0v) is 19.3. The Balaban J connectivity index is 1.34. The van der Waals surface area contributed by atoms with E-state index in [9.17, 15) is 0 Å². The van der Waals surface area contributed by atoms with E-state index in [-0.39, 0.29) is 6.04 Å². The van der Waals surface area contributed by atoms with Crippen LogP contribution in [-0.2, 0) is 6.67 Å². The van der Waals surface area contributed by atoms with E-state index in [1.807, 2.05) is 35.0 Å². The zero-order valence-electron chi connectivity index (χ0n) is 19.3. The summed E-state index contributed by atoms with van der Waals surface area (Å²) < 4.78 is 1.81. The normalized spacial score (nSPS) is 17.0. The minimum Gasteiger partial charge on any atom is -0.345 e. The predicted molar refractivity (Wildman–Crippen MR) is 143 cm³/mol. The number of para-hydroxylation sites is 1. The number of aliphatic imine (C=N–C) groups is 1. The van der Waals surface area contributed by atoms with Crippen molar-refractivity contribution < 1.29 is 0 Å². The molecule has 0 spiro atoms. The molecule has 0 amide bonds. The number of fused-ring (bicyclic) bond motifs is 3. The highest BCUT2D eigenvalue weighted by atomic mass is 15.5. The number of anilines is 1. The van der Waals surface area contributed by atoms with Crippen molar-refractivity contribution in [3.8, 4) is 0 Å². The van der Waals surface area contributed by atoms with Gasteiger partial charge in [0.2, 0.25) is 0 Å². The van der Waals surface area contributed by atoms with Crippen LogP contribution in [0.1, 0.15) is 11.6 Å². The Kier molecular flexibility index (Phi) is 4.56. The van der Waals surface area contributed by atoms with E-state index in [2.05, 4.69) is 91.7 Å². The number of nitrogens with one attached hydrogen (secondary N) is 2. The van der Waals surface area contributed by atoms with E-state index in [0.717, 1.165) is 45.0 Å². The van der Waals surface area contributed by atoms with Crippen molar-refractivity contribution in [1.29, 1.82) is 0 Å². The minimum atomic E-state index is -0.187. The van der Waals surface area contributed by atoms with Gasteiger partial charge in [0.25, 0.3) is 0 Å². The number of hydrogen-bond donors (Lipinski definition) is 2. The van der Waals surface area contributed by atoms with E-state index in [4.69, 9.17) is 4.99 Å². The van der Waals surface area contributed by atoms with Gasteiger partial charge in [-0.2, -0.15) is 0 Å². The fourth-order valence-corrected chi connectivity index (χ4v) is 4.91. The molecule has 0 saturated carbocycles. The molecule has 2 aromatic heterocycles. The van der Waals surface area contributed by atoms with Crippen molar-refractivity contribution in [3.05, 3.63) is 109 Å². The van der Waals surface area contributed by atoms with Gasteiger partial charge >= 0.3 is 0 Å². The van der Waals surface area contributed by atoms with Gasteiger partial charge in [-0.05, 0) is 52.7 Å². The first-order chi connectivity index (χ1) is 17.7. The molecular formula is C28H22N8. The van der Waals surface area contributed by atoms with Crippen LogP contribution in [0.25, 0.3) is 32.8 Å². The Morgan fingerprint density at radius 3 is 2.69 bits per heavy atom. The van der Waals surface area contributed by atoms with E-state index in [0.29, 0.717) is 6.67 Å². The molecular weight excluding hydrogens is 448 g/mol. The first-order valence-corrected chi connectivity index (χ1v) is 11.7. The smallest absolute Gasteiger partial charge is 0.135 e. The molecule has 0 aliphatic carbocycles. The van der Waals surface area contributed by atoms with E-state index >= 15 is 0 Å². The lowest BCUT2D eigenvalue weighted by atomic mass is 10.0. The quantitative estimate of drug-likeness (QED) is 0.373. The van der Waals surface area contributed by atoms with Crippen molar-refractivity contribution >= 4 is 44.4 Å². The van der Waals surface area contributed by atoms with Crippen LogP contribution in [0, 0.1) is 0 Å². The lowest BCUT2D eigenvalue weighted by Gasteiger charge is -2.26. The predicted octanol–water partition coefficient (Wildman–Crippen LogP) is 5.14. The summed E-state index contributed by atoms with van der Waals surface area (Å²) in [4.78, 5) is 14.8. The molecule has 0 radical (unpaired) electrons. The molecule has 1 fully saturated rings. The zero-order chi connectivity index (χ0) is 24.1. The second kappa shape index (κ2) is 8.06. The molecule has 7 rings (SSSR count). The van der Waals surface area contributed by atoms with Crippen LogP contribution in [0.5, 0.6) is 0 Å². The first-order valence-electron chi connectivity index (χ1n) is 11.7. The van der Waals surface area contributed by atoms with Gasteiger partial charge in [-0.1, -0.05) is 60.3 Å². The maximum Gasteiger partial charge on any atom is 0.135 e. The molecule has 174 valence electrons.